The number of carboxylic acid groups (broad SMARTS) is 1. The maximum atomic E-state index is 10.5. The summed E-state index contributed by atoms with van der Waals surface area (Å²) in [5.41, 5.74) is 0. The second kappa shape index (κ2) is 3.21. The van der Waals surface area contributed by atoms with Crippen LogP contribution < -0.4 is 0 Å². The van der Waals surface area contributed by atoms with Crippen LogP contribution in [0.4, 0.5) is 5.82 Å². The number of carboxylic acids is 1. The largest absolute Gasteiger partial charge is 0.478 e. The van der Waals surface area contributed by atoms with Crippen LogP contribution in [0.2, 0.25) is 0 Å². The van der Waals surface area contributed by atoms with Crippen LogP contribution in [0.5, 0.6) is 0 Å². The first-order valence-electron chi connectivity index (χ1n) is 4.65. The average molecular weight is 190 g/mol. The number of hydrogen-bond donors (Lipinski definition) is 1. The van der Waals surface area contributed by atoms with Gasteiger partial charge in [0.15, 0.2) is 12.4 Å². The van der Waals surface area contributed by atoms with Gasteiger partial charge in [-0.2, -0.15) is 4.57 Å². The van der Waals surface area contributed by atoms with Crippen LogP contribution >= 0.6 is 0 Å². The highest BCUT2D eigenvalue weighted by Gasteiger charge is 2.19. The molecule has 0 radical (unpaired) electrons. The highest BCUT2D eigenvalue weighted by atomic mass is 16.6. The van der Waals surface area contributed by atoms with Gasteiger partial charge in [0.2, 0.25) is 0 Å². The number of rotatable bonds is 3. The summed E-state index contributed by atoms with van der Waals surface area (Å²) in [7, 11) is 0. The second-order valence-electron chi connectivity index (χ2n) is 2.18. The molecule has 0 saturated carbocycles. The van der Waals surface area contributed by atoms with Gasteiger partial charge in [0.25, 0.3) is 0 Å². The number of carbonyl (C=O) groups is 1. The van der Waals surface area contributed by atoms with Crippen molar-refractivity contribution in [1.82, 2.24) is 9.55 Å². The summed E-state index contributed by atoms with van der Waals surface area (Å²) in [5, 5.41) is 19.0. The number of aryl methyl sites for hydroxylation is 1. The lowest BCUT2D eigenvalue weighted by molar-refractivity contribution is -0.392. The molecule has 0 atom stereocenters. The molecule has 0 spiro atoms. The van der Waals surface area contributed by atoms with Crippen LogP contribution in [0.15, 0.2) is 6.20 Å². The van der Waals surface area contributed by atoms with E-state index in [1.54, 1.807) is 0 Å². The molecule has 0 aliphatic heterocycles. The molecule has 0 saturated heterocycles. The summed E-state index contributed by atoms with van der Waals surface area (Å²) < 4.78 is 21.7. The Balaban J connectivity index is 3.30. The average Bonchev–Trinajstić information content (AvgIpc) is 2.45. The Hall–Kier alpha value is -1.92. The summed E-state index contributed by atoms with van der Waals surface area (Å²) >= 11 is 0. The van der Waals surface area contributed by atoms with Crippen molar-refractivity contribution in [2.24, 2.45) is 0 Å². The summed E-state index contributed by atoms with van der Waals surface area (Å²) in [6.07, 6.45) is 0.727. The highest BCUT2D eigenvalue weighted by Crippen LogP contribution is 2.12. The van der Waals surface area contributed by atoms with E-state index in [9.17, 15) is 14.9 Å². The molecular formula is C6H7N3O4. The van der Waals surface area contributed by atoms with Crippen molar-refractivity contribution < 1.29 is 18.9 Å². The highest BCUT2D eigenvalue weighted by molar-refractivity contribution is 5.67. The molecule has 1 N–H and O–H groups in total. The molecule has 70 valence electrons. The van der Waals surface area contributed by atoms with Gasteiger partial charge in [-0.1, -0.05) is 0 Å². The minimum absolute atomic E-state index is 0.551. The van der Waals surface area contributed by atoms with Gasteiger partial charge in [0, 0.05) is 11.0 Å². The first-order valence-corrected chi connectivity index (χ1v) is 3.15. The molecule has 0 bridgehead atoms. The minimum Gasteiger partial charge on any atom is -0.478 e. The lowest BCUT2D eigenvalue weighted by Gasteiger charge is -1.97. The van der Waals surface area contributed by atoms with E-state index in [2.05, 4.69) is 4.98 Å². The molecule has 0 aromatic carbocycles. The van der Waals surface area contributed by atoms with E-state index in [4.69, 9.17) is 9.22 Å². The second-order valence-corrected chi connectivity index (χ2v) is 2.18. The van der Waals surface area contributed by atoms with Gasteiger partial charge >= 0.3 is 11.8 Å². The van der Waals surface area contributed by atoms with Gasteiger partial charge < -0.3 is 15.2 Å². The van der Waals surface area contributed by atoms with Crippen molar-refractivity contribution in [3.05, 3.63) is 22.1 Å². The van der Waals surface area contributed by atoms with Crippen molar-refractivity contribution in [3.8, 4) is 0 Å². The molecule has 1 heterocycles. The Bertz CT molecular complexity index is 439. The topological polar surface area (TPSA) is 98.3 Å². The van der Waals surface area contributed by atoms with E-state index in [-0.39, 0.29) is 0 Å². The lowest BCUT2D eigenvalue weighted by atomic mass is 10.7. The number of aromatic nitrogens is 2. The van der Waals surface area contributed by atoms with Gasteiger partial charge in [-0.05, 0) is 4.92 Å². The Labute approximate surface area is 77.0 Å². The zero-order chi connectivity index (χ0) is 12.5. The normalized spacial score (nSPS) is 14.3. The van der Waals surface area contributed by atoms with E-state index in [1.165, 1.54) is 0 Å². The van der Waals surface area contributed by atoms with Crippen LogP contribution in [0, 0.1) is 17.0 Å². The van der Waals surface area contributed by atoms with Crippen LogP contribution in [0.1, 0.15) is 9.94 Å². The molecule has 0 unspecified atom stereocenters. The van der Waals surface area contributed by atoms with Crippen LogP contribution in [-0.2, 0) is 11.3 Å². The minimum atomic E-state index is -2.69. The molecule has 7 nitrogen and oxygen atoms in total. The Morgan fingerprint density at radius 2 is 2.69 bits per heavy atom. The fourth-order valence-electron chi connectivity index (χ4n) is 0.804. The third kappa shape index (κ3) is 1.81. The first kappa shape index (κ1) is 5.68. The molecule has 1 rings (SSSR count). The van der Waals surface area contributed by atoms with Crippen molar-refractivity contribution in [3.63, 3.8) is 0 Å². The molecule has 1 aromatic rings. The van der Waals surface area contributed by atoms with Gasteiger partial charge in [-0.15, -0.1) is 0 Å². The van der Waals surface area contributed by atoms with Gasteiger partial charge in [0.05, 0.1) is 0 Å². The zero-order valence-electron chi connectivity index (χ0n) is 9.30. The fourth-order valence-corrected chi connectivity index (χ4v) is 0.804. The Kier molecular flexibility index (Phi) is 1.40. The van der Waals surface area contributed by atoms with Gasteiger partial charge in [-0.25, -0.2) is 9.78 Å². The molecule has 0 aliphatic rings. The van der Waals surface area contributed by atoms with Crippen molar-refractivity contribution in [2.75, 3.05) is 0 Å². The number of hydrogen-bond acceptors (Lipinski definition) is 4. The van der Waals surface area contributed by atoms with Crippen molar-refractivity contribution >= 4 is 11.8 Å². The number of nitro groups is 1. The number of imidazole rings is 1. The van der Waals surface area contributed by atoms with Crippen molar-refractivity contribution in [2.45, 2.75) is 13.4 Å². The van der Waals surface area contributed by atoms with Crippen LogP contribution in [-0.4, -0.2) is 25.6 Å². The third-order valence-corrected chi connectivity index (χ3v) is 1.31. The SMILES string of the molecule is [2H]C([2H])([2H])c1ncc([N+](=O)[O-])n1[13CH2][13C](=O)O. The molecule has 0 fully saturated rings. The first-order chi connectivity index (χ1) is 7.23. The maximum Gasteiger partial charge on any atom is 0.346 e. The van der Waals surface area contributed by atoms with E-state index >= 15 is 0 Å². The Morgan fingerprint density at radius 3 is 3.15 bits per heavy atom. The van der Waals surface area contributed by atoms with E-state index in [0.717, 1.165) is 6.20 Å². The molecule has 1 aromatic heterocycles. The summed E-state index contributed by atoms with van der Waals surface area (Å²) in [6.45, 7) is -3.51. The molecule has 13 heavy (non-hydrogen) atoms. The number of aliphatic carboxylic acids is 1. The van der Waals surface area contributed by atoms with Crippen LogP contribution in [0.3, 0.4) is 0 Å². The predicted octanol–water partition coefficient (Wildman–Crippen LogP) is 0.184. The summed E-state index contributed by atoms with van der Waals surface area (Å²) in [4.78, 5) is 23.5. The molecular weight excluding hydrogens is 180 g/mol. The lowest BCUT2D eigenvalue weighted by Crippen LogP contribution is -2.12. The molecule has 7 heteroatoms. The van der Waals surface area contributed by atoms with E-state index in [1.807, 2.05) is 0 Å². The standard InChI is InChI=1S/C6H7N3O4/c1-4-7-2-5(9(12)13)8(4)3-6(10)11/h2H,3H2,1H3,(H,10,11)/i1D3,3+1,6+1. The zero-order valence-corrected chi connectivity index (χ0v) is 6.30. The fraction of sp³-hybridized carbons (Fsp3) is 0.333. The predicted molar refractivity (Wildman–Crippen MR) is 41.3 cm³/mol. The van der Waals surface area contributed by atoms with Gasteiger partial charge in [-0.3, -0.25) is 0 Å². The maximum absolute atomic E-state index is 10.5. The molecule has 0 amide bonds. The smallest absolute Gasteiger partial charge is 0.346 e. The van der Waals surface area contributed by atoms with Gasteiger partial charge in [0.1, 0.15) is 6.20 Å². The van der Waals surface area contributed by atoms with Crippen molar-refractivity contribution in [1.29, 1.82) is 0 Å². The Morgan fingerprint density at radius 1 is 2.00 bits per heavy atom. The quantitative estimate of drug-likeness (QED) is 0.416. The number of nitrogens with zero attached hydrogens (tertiary/aromatic N) is 3. The van der Waals surface area contributed by atoms with E-state index in [0.29, 0.717) is 4.57 Å². The third-order valence-electron chi connectivity index (χ3n) is 1.31. The summed E-state index contributed by atoms with van der Waals surface area (Å²) in [6, 6.07) is 0. The monoisotopic (exact) mass is 190 g/mol. The summed E-state index contributed by atoms with van der Waals surface area (Å²) in [5.74, 6) is -2.65. The van der Waals surface area contributed by atoms with Crippen LogP contribution in [0.25, 0.3) is 0 Å². The van der Waals surface area contributed by atoms with E-state index < -0.39 is 35.9 Å². The molecule has 0 aliphatic carbocycles.